The molecule has 5 nitrogen and oxygen atoms in total. The van der Waals surface area contributed by atoms with Crippen LogP contribution in [0.1, 0.15) is 130 Å². The Kier molecular flexibility index (Phi) is 15.3. The fourth-order valence-corrected chi connectivity index (χ4v) is 3.83. The zero-order valence-electron chi connectivity index (χ0n) is 19.5. The topological polar surface area (TPSA) is 86.6 Å². The van der Waals surface area contributed by atoms with Crippen molar-refractivity contribution in [3.63, 3.8) is 0 Å². The van der Waals surface area contributed by atoms with E-state index in [-0.39, 0.29) is 22.8 Å². The van der Waals surface area contributed by atoms with E-state index in [2.05, 4.69) is 12.2 Å². The lowest BCUT2D eigenvalue weighted by atomic mass is 10.0. The number of carboxylic acid groups (broad SMARTS) is 1. The highest BCUT2D eigenvalue weighted by atomic mass is 16.4. The van der Waals surface area contributed by atoms with Crippen molar-refractivity contribution < 1.29 is 19.8 Å². The van der Waals surface area contributed by atoms with E-state index in [1.807, 2.05) is 0 Å². The van der Waals surface area contributed by atoms with Crippen LogP contribution in [0.25, 0.3) is 0 Å². The summed E-state index contributed by atoms with van der Waals surface area (Å²) in [6.07, 6.45) is 21.0. The van der Waals surface area contributed by atoms with Gasteiger partial charge in [0.1, 0.15) is 11.3 Å². The largest absolute Gasteiger partial charge is 0.507 e. The molecule has 1 amide bonds. The molecule has 0 spiro atoms. The number of aromatic carboxylic acids is 1. The molecule has 0 bridgehead atoms. The van der Waals surface area contributed by atoms with Gasteiger partial charge in [0, 0.05) is 12.1 Å². The van der Waals surface area contributed by atoms with E-state index >= 15 is 0 Å². The summed E-state index contributed by atoms with van der Waals surface area (Å²) in [6, 6.07) is 3.89. The molecule has 0 heterocycles. The van der Waals surface area contributed by atoms with Crippen LogP contribution in [0.3, 0.4) is 0 Å². The van der Waals surface area contributed by atoms with Gasteiger partial charge in [0.15, 0.2) is 0 Å². The molecule has 0 aliphatic heterocycles. The van der Waals surface area contributed by atoms with Crippen molar-refractivity contribution in [2.75, 3.05) is 6.54 Å². The minimum absolute atomic E-state index is 0.255. The predicted molar refractivity (Wildman–Crippen MR) is 127 cm³/mol. The Morgan fingerprint density at radius 2 is 1.19 bits per heavy atom. The summed E-state index contributed by atoms with van der Waals surface area (Å²) in [5, 5.41) is 21.3. The number of unbranched alkanes of at least 4 members (excludes halogenated alkanes) is 15. The van der Waals surface area contributed by atoms with E-state index in [0.29, 0.717) is 6.54 Å². The molecule has 0 aromatic heterocycles. The van der Waals surface area contributed by atoms with Crippen molar-refractivity contribution in [1.29, 1.82) is 0 Å². The second-order valence-electron chi connectivity index (χ2n) is 8.60. The Bertz CT molecular complexity index is 630. The van der Waals surface area contributed by atoms with E-state index in [0.717, 1.165) is 12.8 Å². The molecule has 0 saturated heterocycles. The van der Waals surface area contributed by atoms with Crippen LogP contribution in [-0.4, -0.2) is 28.6 Å². The molecule has 31 heavy (non-hydrogen) atoms. The fraction of sp³-hybridized carbons (Fsp3) is 0.692. The Morgan fingerprint density at radius 3 is 1.65 bits per heavy atom. The maximum atomic E-state index is 12.1. The van der Waals surface area contributed by atoms with E-state index in [4.69, 9.17) is 5.11 Å². The van der Waals surface area contributed by atoms with E-state index in [9.17, 15) is 14.7 Å². The summed E-state index contributed by atoms with van der Waals surface area (Å²) < 4.78 is 0. The summed E-state index contributed by atoms with van der Waals surface area (Å²) in [5.74, 6) is -1.88. The monoisotopic (exact) mass is 433 g/mol. The second kappa shape index (κ2) is 17.6. The zero-order chi connectivity index (χ0) is 22.7. The molecular formula is C26H43NO4. The maximum Gasteiger partial charge on any atom is 0.339 e. The minimum atomic E-state index is -1.25. The van der Waals surface area contributed by atoms with E-state index < -0.39 is 5.97 Å². The number of hydrogen-bond donors (Lipinski definition) is 3. The molecule has 5 heteroatoms. The van der Waals surface area contributed by atoms with Crippen LogP contribution in [0.5, 0.6) is 5.75 Å². The number of rotatable bonds is 19. The van der Waals surface area contributed by atoms with Gasteiger partial charge in [0.05, 0.1) is 0 Å². The van der Waals surface area contributed by atoms with Gasteiger partial charge >= 0.3 is 5.97 Å². The maximum absolute atomic E-state index is 12.1. The highest BCUT2D eigenvalue weighted by Gasteiger charge is 2.13. The third-order valence-corrected chi connectivity index (χ3v) is 5.81. The van der Waals surface area contributed by atoms with Gasteiger partial charge in [-0.1, -0.05) is 103 Å². The first-order valence-electron chi connectivity index (χ1n) is 12.4. The third kappa shape index (κ3) is 13.1. The van der Waals surface area contributed by atoms with Gasteiger partial charge in [-0.2, -0.15) is 0 Å². The van der Waals surface area contributed by atoms with Gasteiger partial charge in [-0.25, -0.2) is 4.79 Å². The molecule has 1 rings (SSSR count). The molecule has 0 fully saturated rings. The summed E-state index contributed by atoms with van der Waals surface area (Å²) in [4.78, 5) is 23.1. The van der Waals surface area contributed by atoms with Gasteiger partial charge in [0.25, 0.3) is 5.91 Å². The second-order valence-corrected chi connectivity index (χ2v) is 8.60. The fourth-order valence-electron chi connectivity index (χ4n) is 3.83. The van der Waals surface area contributed by atoms with E-state index in [1.54, 1.807) is 0 Å². The van der Waals surface area contributed by atoms with E-state index in [1.165, 1.54) is 108 Å². The normalized spacial score (nSPS) is 10.9. The smallest absolute Gasteiger partial charge is 0.339 e. The number of aromatic hydroxyl groups is 1. The first kappa shape index (κ1) is 27.0. The van der Waals surface area contributed by atoms with Gasteiger partial charge < -0.3 is 15.5 Å². The Morgan fingerprint density at radius 1 is 0.742 bits per heavy atom. The average molecular weight is 434 g/mol. The summed E-state index contributed by atoms with van der Waals surface area (Å²) in [5.41, 5.74) is 0.00162. The molecule has 0 aliphatic rings. The van der Waals surface area contributed by atoms with Crippen molar-refractivity contribution in [2.45, 2.75) is 110 Å². The van der Waals surface area contributed by atoms with Crippen LogP contribution in [-0.2, 0) is 0 Å². The number of carboxylic acids is 1. The number of benzene rings is 1. The van der Waals surface area contributed by atoms with Crippen LogP contribution in [0.2, 0.25) is 0 Å². The molecule has 0 aliphatic carbocycles. The number of carbonyl (C=O) groups is 2. The van der Waals surface area contributed by atoms with Gasteiger partial charge in [-0.3, -0.25) is 4.79 Å². The molecule has 0 atom stereocenters. The molecule has 1 aromatic rings. The van der Waals surface area contributed by atoms with Crippen LogP contribution in [0.15, 0.2) is 18.2 Å². The lowest BCUT2D eigenvalue weighted by Crippen LogP contribution is -2.24. The summed E-state index contributed by atoms with van der Waals surface area (Å²) in [7, 11) is 0. The van der Waals surface area contributed by atoms with Gasteiger partial charge in [-0.05, 0) is 24.6 Å². The molecule has 0 saturated carbocycles. The van der Waals surface area contributed by atoms with Crippen molar-refractivity contribution in [2.24, 2.45) is 0 Å². The molecule has 3 N–H and O–H groups in total. The zero-order valence-corrected chi connectivity index (χ0v) is 19.5. The highest BCUT2D eigenvalue weighted by Crippen LogP contribution is 2.18. The van der Waals surface area contributed by atoms with Gasteiger partial charge in [0.2, 0.25) is 0 Å². The van der Waals surface area contributed by atoms with Crippen LogP contribution in [0, 0.1) is 0 Å². The average Bonchev–Trinajstić information content (AvgIpc) is 2.75. The minimum Gasteiger partial charge on any atom is -0.507 e. The molecular weight excluding hydrogens is 390 g/mol. The van der Waals surface area contributed by atoms with Crippen molar-refractivity contribution in [3.8, 4) is 5.75 Å². The Hall–Kier alpha value is -2.04. The number of amides is 1. The van der Waals surface area contributed by atoms with Crippen LogP contribution in [0.4, 0.5) is 0 Å². The van der Waals surface area contributed by atoms with Crippen molar-refractivity contribution in [3.05, 3.63) is 29.3 Å². The third-order valence-electron chi connectivity index (χ3n) is 5.81. The van der Waals surface area contributed by atoms with Crippen LogP contribution >= 0.6 is 0 Å². The van der Waals surface area contributed by atoms with Crippen molar-refractivity contribution >= 4 is 11.9 Å². The Balaban J connectivity index is 1.92. The first-order valence-corrected chi connectivity index (χ1v) is 12.4. The molecule has 0 unspecified atom stereocenters. The lowest BCUT2D eigenvalue weighted by molar-refractivity contribution is 0.0693. The van der Waals surface area contributed by atoms with Crippen LogP contribution < -0.4 is 5.32 Å². The number of hydrogen-bond acceptors (Lipinski definition) is 3. The molecule has 1 aromatic carbocycles. The van der Waals surface area contributed by atoms with Gasteiger partial charge in [-0.15, -0.1) is 0 Å². The standard InChI is InChI=1S/C26H43NO4/c1-2-3-4-5-6-7-8-9-10-11-12-13-14-15-16-17-20-27-25(29)22-18-19-24(28)23(21-22)26(30)31/h18-19,21,28H,2-17,20H2,1H3,(H,27,29)(H,30,31). The number of carbonyl (C=O) groups excluding carboxylic acids is 1. The summed E-state index contributed by atoms with van der Waals surface area (Å²) >= 11 is 0. The Labute approximate surface area is 188 Å². The lowest BCUT2D eigenvalue weighted by Gasteiger charge is -2.07. The molecule has 176 valence electrons. The predicted octanol–water partition coefficient (Wildman–Crippen LogP) is 7.08. The first-order chi connectivity index (χ1) is 15.1. The number of nitrogens with one attached hydrogen (secondary N) is 1. The molecule has 0 radical (unpaired) electrons. The SMILES string of the molecule is CCCCCCCCCCCCCCCCCCNC(=O)c1ccc(O)c(C(=O)O)c1. The number of phenols is 1. The van der Waals surface area contributed by atoms with Crippen molar-refractivity contribution in [1.82, 2.24) is 5.32 Å². The highest BCUT2D eigenvalue weighted by molar-refractivity contribution is 5.98. The quantitative estimate of drug-likeness (QED) is 0.203. The summed E-state index contributed by atoms with van der Waals surface area (Å²) in [6.45, 7) is 2.85.